The highest BCUT2D eigenvalue weighted by atomic mass is 35.5. The van der Waals surface area contributed by atoms with Crippen LogP contribution >= 0.6 is 23.2 Å². The van der Waals surface area contributed by atoms with Crippen LogP contribution in [0.25, 0.3) is 10.9 Å². The molecule has 1 aliphatic heterocycles. The minimum atomic E-state index is -0.423. The second-order valence-corrected chi connectivity index (χ2v) is 11.1. The van der Waals surface area contributed by atoms with Crippen molar-refractivity contribution in [3.63, 3.8) is 0 Å². The van der Waals surface area contributed by atoms with Gasteiger partial charge in [0.2, 0.25) is 0 Å². The number of nitrogens with zero attached hydrogens (tertiary/aromatic N) is 7. The molecule has 6 rings (SSSR count). The molecular weight excluding hydrogens is 635 g/mol. The number of nitro benzene ring substituents is 1. The Morgan fingerprint density at radius 2 is 1.76 bits per heavy atom. The maximum atomic E-state index is 11.3. The molecule has 0 amide bonds. The molecule has 13 nitrogen and oxygen atoms in total. The summed E-state index contributed by atoms with van der Waals surface area (Å²) in [5.74, 6) is 0.730. The zero-order chi connectivity index (χ0) is 33.0. The van der Waals surface area contributed by atoms with E-state index in [0.717, 1.165) is 11.3 Å². The van der Waals surface area contributed by atoms with E-state index >= 15 is 0 Å². The van der Waals surface area contributed by atoms with Gasteiger partial charge >= 0.3 is 0 Å². The number of hydrogen-bond acceptors (Lipinski definition) is 11. The second-order valence-electron chi connectivity index (χ2n) is 10.3. The molecule has 15 heteroatoms. The van der Waals surface area contributed by atoms with E-state index in [-0.39, 0.29) is 23.3 Å². The van der Waals surface area contributed by atoms with Crippen LogP contribution in [-0.4, -0.2) is 42.3 Å². The molecule has 3 heterocycles. The molecule has 2 unspecified atom stereocenters. The lowest BCUT2D eigenvalue weighted by Gasteiger charge is -2.23. The number of fused-ring (bicyclic) bond motifs is 2. The summed E-state index contributed by atoms with van der Waals surface area (Å²) in [6, 6.07) is 12.1. The molecular formula is C31H26Cl2N8O5. The molecule has 2 atom stereocenters. The summed E-state index contributed by atoms with van der Waals surface area (Å²) in [7, 11) is 0. The largest absolute Gasteiger partial charge is 0.487 e. The second kappa shape index (κ2) is 13.8. The van der Waals surface area contributed by atoms with Gasteiger partial charge < -0.3 is 10.1 Å². The normalized spacial score (nSPS) is 16.7. The molecule has 0 fully saturated rings. The van der Waals surface area contributed by atoms with E-state index in [1.165, 1.54) is 24.8 Å². The summed E-state index contributed by atoms with van der Waals surface area (Å²) < 4.78 is 5.81. The maximum absolute atomic E-state index is 11.3. The molecule has 2 aromatic heterocycles. The van der Waals surface area contributed by atoms with Crippen molar-refractivity contribution < 1.29 is 14.6 Å². The van der Waals surface area contributed by atoms with E-state index in [0.29, 0.717) is 56.1 Å². The molecule has 0 saturated heterocycles. The van der Waals surface area contributed by atoms with Gasteiger partial charge in [-0.05, 0) is 56.7 Å². The summed E-state index contributed by atoms with van der Waals surface area (Å²) in [6.07, 6.45) is 7.77. The van der Waals surface area contributed by atoms with Crippen LogP contribution in [-0.2, 0) is 6.61 Å². The highest BCUT2D eigenvalue weighted by Gasteiger charge is 2.32. The van der Waals surface area contributed by atoms with Gasteiger partial charge in [-0.25, -0.2) is 15.0 Å². The van der Waals surface area contributed by atoms with Gasteiger partial charge in [-0.1, -0.05) is 29.3 Å². The molecule has 2 aromatic carbocycles. The average Bonchev–Trinajstić information content (AvgIpc) is 3.01. The summed E-state index contributed by atoms with van der Waals surface area (Å²) in [6.45, 7) is 5.67. The highest BCUT2D eigenvalue weighted by molar-refractivity contribution is 6.66. The van der Waals surface area contributed by atoms with Crippen LogP contribution in [0.15, 0.2) is 88.4 Å². The predicted octanol–water partition coefficient (Wildman–Crippen LogP) is 7.30. The molecule has 1 aliphatic carbocycles. The summed E-state index contributed by atoms with van der Waals surface area (Å²) in [5, 5.41) is 26.5. The van der Waals surface area contributed by atoms with Crippen LogP contribution < -0.4 is 10.1 Å². The van der Waals surface area contributed by atoms with Crippen LogP contribution in [0.3, 0.4) is 0 Å². The monoisotopic (exact) mass is 660 g/mol. The topological polar surface area (TPSA) is 171 Å². The molecule has 46 heavy (non-hydrogen) atoms. The fourth-order valence-electron chi connectivity index (χ4n) is 4.78. The fraction of sp³-hybridized carbons (Fsp3) is 0.194. The van der Waals surface area contributed by atoms with Crippen LogP contribution in [0.5, 0.6) is 5.75 Å². The number of nitro groups is 2. The Bertz CT molecular complexity index is 1980. The maximum Gasteiger partial charge on any atom is 0.273 e. The van der Waals surface area contributed by atoms with E-state index in [9.17, 15) is 20.2 Å². The number of halogens is 2. The molecule has 0 bridgehead atoms. The molecule has 0 radical (unpaired) electrons. The number of rotatable bonds is 7. The lowest BCUT2D eigenvalue weighted by Crippen LogP contribution is -2.28. The first-order valence-electron chi connectivity index (χ1n) is 13.8. The Kier molecular flexibility index (Phi) is 9.64. The van der Waals surface area contributed by atoms with Crippen LogP contribution in [0.1, 0.15) is 23.7 Å². The van der Waals surface area contributed by atoms with Crippen LogP contribution in [0.2, 0.25) is 5.02 Å². The van der Waals surface area contributed by atoms with E-state index < -0.39 is 9.85 Å². The summed E-state index contributed by atoms with van der Waals surface area (Å²) >= 11 is 12.3. The first-order valence-corrected chi connectivity index (χ1v) is 14.6. The molecule has 0 spiro atoms. The van der Waals surface area contributed by atoms with Gasteiger partial charge in [-0.15, -0.1) is 0 Å². The fourth-order valence-corrected chi connectivity index (χ4v) is 5.23. The van der Waals surface area contributed by atoms with E-state index in [2.05, 4.69) is 30.3 Å². The standard InChI is InChI=1S/C22H18ClN5O3.C9H8ClN3O2/c1-13-4-3-7-24-20(13)11-31-15-5-6-18(17(23)9-15)27-22-16-10-21(28(29)30)14(2)8-19(16)25-12-26-22;1-5-2-7-6(3-8(5)13(14)15)9(10)12-4-11-7/h3-10,12H,11H2,1-2H3,(H,25,26,27);2-4,6-7H,1H3. The third-order valence-electron chi connectivity index (χ3n) is 7.26. The number of benzene rings is 2. The Labute approximate surface area is 272 Å². The number of hydrogen-bond donors (Lipinski definition) is 1. The minimum absolute atomic E-state index is 0.00464. The lowest BCUT2D eigenvalue weighted by atomic mass is 9.91. The molecule has 2 aliphatic rings. The van der Waals surface area contributed by atoms with Gasteiger partial charge in [0.1, 0.15) is 36.0 Å². The van der Waals surface area contributed by atoms with Crippen molar-refractivity contribution in [2.45, 2.75) is 33.4 Å². The molecule has 4 aromatic rings. The van der Waals surface area contributed by atoms with Crippen molar-refractivity contribution in [2.24, 2.45) is 15.9 Å². The SMILES string of the molecule is CC1=CC2N=CN=C(Cl)C2C=C1[N+](=O)[O-].Cc1cc2ncnc(Nc3ccc(OCc4ncccc4C)cc3Cl)c2cc1[N+](=O)[O-]. The molecule has 234 valence electrons. The number of aromatic nitrogens is 3. The van der Waals surface area contributed by atoms with E-state index in [1.807, 2.05) is 19.1 Å². The van der Waals surface area contributed by atoms with E-state index in [4.69, 9.17) is 27.9 Å². The van der Waals surface area contributed by atoms with Gasteiger partial charge in [0, 0.05) is 40.9 Å². The number of ether oxygens (including phenoxy) is 1. The number of allylic oxidation sites excluding steroid dienone is 1. The van der Waals surface area contributed by atoms with Gasteiger partial charge in [-0.3, -0.25) is 30.2 Å². The third-order valence-corrected chi connectivity index (χ3v) is 7.92. The molecule has 0 saturated carbocycles. The summed E-state index contributed by atoms with van der Waals surface area (Å²) in [4.78, 5) is 41.9. The van der Waals surface area contributed by atoms with Gasteiger partial charge in [0.05, 0.1) is 43.7 Å². The Hall–Kier alpha value is -5.27. The number of aliphatic imine (C=N–C) groups is 2. The van der Waals surface area contributed by atoms with Crippen molar-refractivity contribution in [3.8, 4) is 5.75 Å². The smallest absolute Gasteiger partial charge is 0.273 e. The number of nitrogens with one attached hydrogen (secondary N) is 1. The Morgan fingerprint density at radius 1 is 0.957 bits per heavy atom. The van der Waals surface area contributed by atoms with Crippen molar-refractivity contribution in [1.82, 2.24) is 15.0 Å². The first kappa shape index (κ1) is 32.1. The Morgan fingerprint density at radius 3 is 2.48 bits per heavy atom. The van der Waals surface area contributed by atoms with Gasteiger partial charge in [-0.2, -0.15) is 0 Å². The zero-order valence-electron chi connectivity index (χ0n) is 24.7. The van der Waals surface area contributed by atoms with Gasteiger partial charge in [0.15, 0.2) is 0 Å². The van der Waals surface area contributed by atoms with Crippen molar-refractivity contribution in [3.05, 3.63) is 120 Å². The van der Waals surface area contributed by atoms with Crippen molar-refractivity contribution in [1.29, 1.82) is 0 Å². The van der Waals surface area contributed by atoms with Crippen LogP contribution in [0.4, 0.5) is 17.2 Å². The number of pyridine rings is 1. The minimum Gasteiger partial charge on any atom is -0.487 e. The number of aryl methyl sites for hydroxylation is 2. The Balaban J connectivity index is 0.000000232. The van der Waals surface area contributed by atoms with Crippen molar-refractivity contribution >= 4 is 62.8 Å². The zero-order valence-corrected chi connectivity index (χ0v) is 26.2. The summed E-state index contributed by atoms with van der Waals surface area (Å²) in [5.41, 5.74) is 4.33. The first-order chi connectivity index (χ1) is 22.0. The van der Waals surface area contributed by atoms with E-state index in [1.54, 1.807) is 50.4 Å². The number of anilines is 2. The predicted molar refractivity (Wildman–Crippen MR) is 177 cm³/mol. The third kappa shape index (κ3) is 7.16. The quantitative estimate of drug-likeness (QED) is 0.158. The van der Waals surface area contributed by atoms with Crippen molar-refractivity contribution in [2.75, 3.05) is 5.32 Å². The lowest BCUT2D eigenvalue weighted by molar-refractivity contribution is -0.421. The van der Waals surface area contributed by atoms with Crippen LogP contribution in [0, 0.1) is 40.0 Å². The molecule has 1 N–H and O–H groups in total. The highest BCUT2D eigenvalue weighted by Crippen LogP contribution is 2.33. The average molecular weight is 662 g/mol. The van der Waals surface area contributed by atoms with Gasteiger partial charge in [0.25, 0.3) is 11.4 Å².